The van der Waals surface area contributed by atoms with Crippen molar-refractivity contribution in [2.75, 3.05) is 0 Å². The van der Waals surface area contributed by atoms with Crippen LogP contribution < -0.4 is 0 Å². The Balaban J connectivity index is 2.45. The summed E-state index contributed by atoms with van der Waals surface area (Å²) in [6.07, 6.45) is -5.57. The van der Waals surface area contributed by atoms with Crippen molar-refractivity contribution in [2.24, 2.45) is 0 Å². The van der Waals surface area contributed by atoms with Crippen LogP contribution in [0.15, 0.2) is 36.4 Å². The predicted octanol–water partition coefficient (Wildman–Crippen LogP) is 4.43. The van der Waals surface area contributed by atoms with Gasteiger partial charge in [-0.15, -0.1) is 0 Å². The molecule has 0 aliphatic rings. The van der Waals surface area contributed by atoms with Gasteiger partial charge in [0.25, 0.3) is 0 Å². The molecule has 7 heteroatoms. The first-order valence-corrected chi connectivity index (χ1v) is 6.06. The van der Waals surface area contributed by atoms with Gasteiger partial charge in [0.05, 0.1) is 6.42 Å². The third-order valence-corrected chi connectivity index (χ3v) is 2.92. The largest absolute Gasteiger partial charge is 0.477 e. The SMILES string of the molecule is O=C(O)c1c(F)cc(-c2cccc(CC(F)(F)F)c2)cc1F. The number of hydrogen-bond acceptors (Lipinski definition) is 1. The quantitative estimate of drug-likeness (QED) is 0.850. The van der Waals surface area contributed by atoms with Crippen LogP contribution in [0.4, 0.5) is 22.0 Å². The highest BCUT2D eigenvalue weighted by Crippen LogP contribution is 2.28. The van der Waals surface area contributed by atoms with Crippen LogP contribution in [0.5, 0.6) is 0 Å². The second kappa shape index (κ2) is 5.75. The van der Waals surface area contributed by atoms with E-state index < -0.39 is 35.8 Å². The number of benzene rings is 2. The van der Waals surface area contributed by atoms with Crippen molar-refractivity contribution >= 4 is 5.97 Å². The van der Waals surface area contributed by atoms with Gasteiger partial charge < -0.3 is 5.11 Å². The molecule has 2 aromatic carbocycles. The summed E-state index contributed by atoms with van der Waals surface area (Å²) in [5, 5.41) is 8.67. The number of carbonyl (C=O) groups is 1. The number of carboxylic acid groups (broad SMARTS) is 1. The molecule has 0 saturated heterocycles. The molecule has 0 aliphatic heterocycles. The molecule has 2 nitrogen and oxygen atoms in total. The van der Waals surface area contributed by atoms with Crippen LogP contribution in [0.1, 0.15) is 15.9 Å². The van der Waals surface area contributed by atoms with Crippen LogP contribution in [0, 0.1) is 11.6 Å². The summed E-state index contributed by atoms with van der Waals surface area (Å²) in [5.74, 6) is -4.33. The fourth-order valence-corrected chi connectivity index (χ4v) is 2.04. The van der Waals surface area contributed by atoms with Crippen LogP contribution in [-0.2, 0) is 6.42 Å². The summed E-state index contributed by atoms with van der Waals surface area (Å²) in [7, 11) is 0. The smallest absolute Gasteiger partial charge is 0.393 e. The van der Waals surface area contributed by atoms with Crippen LogP contribution in [-0.4, -0.2) is 17.3 Å². The average molecular weight is 316 g/mol. The minimum Gasteiger partial charge on any atom is -0.477 e. The number of carboxylic acids is 1. The lowest BCUT2D eigenvalue weighted by molar-refractivity contribution is -0.127. The summed E-state index contributed by atoms with van der Waals surface area (Å²) in [4.78, 5) is 10.7. The number of hydrogen-bond donors (Lipinski definition) is 1. The van der Waals surface area contributed by atoms with Gasteiger partial charge in [0.2, 0.25) is 0 Å². The van der Waals surface area contributed by atoms with E-state index in [0.717, 1.165) is 18.2 Å². The van der Waals surface area contributed by atoms with Crippen molar-refractivity contribution in [2.45, 2.75) is 12.6 Å². The standard InChI is InChI=1S/C15H9F5O2/c16-11-5-10(6-12(17)13(11)14(21)22)9-3-1-2-8(4-9)7-15(18,19)20/h1-6H,7H2,(H,21,22). The van der Waals surface area contributed by atoms with E-state index in [9.17, 15) is 26.7 Å². The first-order chi connectivity index (χ1) is 10.2. The number of halogens is 5. The molecule has 0 atom stereocenters. The summed E-state index contributed by atoms with van der Waals surface area (Å²) in [6, 6.07) is 6.67. The molecule has 0 heterocycles. The van der Waals surface area contributed by atoms with E-state index in [0.29, 0.717) is 0 Å². The van der Waals surface area contributed by atoms with Gasteiger partial charge in [-0.3, -0.25) is 0 Å². The zero-order valence-corrected chi connectivity index (χ0v) is 10.9. The van der Waals surface area contributed by atoms with Crippen molar-refractivity contribution in [3.05, 3.63) is 59.2 Å². The van der Waals surface area contributed by atoms with Gasteiger partial charge in [-0.25, -0.2) is 13.6 Å². The van der Waals surface area contributed by atoms with Crippen LogP contribution >= 0.6 is 0 Å². The van der Waals surface area contributed by atoms with E-state index in [1.54, 1.807) is 0 Å². The lowest BCUT2D eigenvalue weighted by atomic mass is 10.00. The molecule has 2 rings (SSSR count). The molecular formula is C15H9F5O2. The second-order valence-corrected chi connectivity index (χ2v) is 4.61. The lowest BCUT2D eigenvalue weighted by Crippen LogP contribution is -2.11. The fraction of sp³-hybridized carbons (Fsp3) is 0.133. The molecule has 22 heavy (non-hydrogen) atoms. The third kappa shape index (κ3) is 3.60. The summed E-state index contributed by atoms with van der Waals surface area (Å²) in [6.45, 7) is 0. The molecule has 0 amide bonds. The van der Waals surface area contributed by atoms with Crippen LogP contribution in [0.25, 0.3) is 11.1 Å². The van der Waals surface area contributed by atoms with Crippen molar-refractivity contribution in [1.82, 2.24) is 0 Å². The first kappa shape index (κ1) is 15.9. The minimum absolute atomic E-state index is 0.0379. The lowest BCUT2D eigenvalue weighted by Gasteiger charge is -2.09. The number of aromatic carboxylic acids is 1. The average Bonchev–Trinajstić information content (AvgIpc) is 2.35. The van der Waals surface area contributed by atoms with E-state index in [2.05, 4.69) is 0 Å². The Morgan fingerprint density at radius 2 is 1.59 bits per heavy atom. The van der Waals surface area contributed by atoms with Gasteiger partial charge >= 0.3 is 12.1 Å². The number of rotatable bonds is 3. The first-order valence-electron chi connectivity index (χ1n) is 6.06. The van der Waals surface area contributed by atoms with Crippen LogP contribution in [0.3, 0.4) is 0 Å². The van der Waals surface area contributed by atoms with E-state index >= 15 is 0 Å². The van der Waals surface area contributed by atoms with Crippen molar-refractivity contribution in [1.29, 1.82) is 0 Å². The molecular weight excluding hydrogens is 307 g/mol. The monoisotopic (exact) mass is 316 g/mol. The Labute approximate surface area is 121 Å². The molecule has 0 bridgehead atoms. The van der Waals surface area contributed by atoms with Crippen LogP contribution in [0.2, 0.25) is 0 Å². The highest BCUT2D eigenvalue weighted by Gasteiger charge is 2.27. The molecule has 0 saturated carbocycles. The fourth-order valence-electron chi connectivity index (χ4n) is 2.04. The molecule has 0 aliphatic carbocycles. The van der Waals surface area contributed by atoms with Crippen molar-refractivity contribution in [3.63, 3.8) is 0 Å². The predicted molar refractivity (Wildman–Crippen MR) is 68.5 cm³/mol. The molecule has 0 fully saturated rings. The summed E-state index contributed by atoms with van der Waals surface area (Å²) >= 11 is 0. The number of alkyl halides is 3. The molecule has 2 aromatic rings. The van der Waals surface area contributed by atoms with E-state index in [4.69, 9.17) is 5.11 Å². The molecule has 0 unspecified atom stereocenters. The van der Waals surface area contributed by atoms with Gasteiger partial charge in [-0.2, -0.15) is 13.2 Å². The van der Waals surface area contributed by atoms with Crippen molar-refractivity contribution < 1.29 is 31.9 Å². The summed E-state index contributed by atoms with van der Waals surface area (Å²) < 4.78 is 64.3. The van der Waals surface area contributed by atoms with E-state index in [-0.39, 0.29) is 16.7 Å². The highest BCUT2D eigenvalue weighted by molar-refractivity contribution is 5.89. The van der Waals surface area contributed by atoms with E-state index in [1.807, 2.05) is 0 Å². The van der Waals surface area contributed by atoms with Gasteiger partial charge in [0.15, 0.2) is 0 Å². The van der Waals surface area contributed by atoms with Crippen molar-refractivity contribution in [3.8, 4) is 11.1 Å². The van der Waals surface area contributed by atoms with Gasteiger partial charge in [0, 0.05) is 0 Å². The second-order valence-electron chi connectivity index (χ2n) is 4.61. The Kier molecular flexibility index (Phi) is 4.16. The Morgan fingerprint density at radius 3 is 2.09 bits per heavy atom. The third-order valence-electron chi connectivity index (χ3n) is 2.92. The normalized spacial score (nSPS) is 11.5. The summed E-state index contributed by atoms with van der Waals surface area (Å²) in [5.41, 5.74) is -1.04. The Morgan fingerprint density at radius 1 is 1.00 bits per heavy atom. The maximum Gasteiger partial charge on any atom is 0.393 e. The zero-order chi connectivity index (χ0) is 16.5. The maximum absolute atomic E-state index is 13.6. The van der Waals surface area contributed by atoms with Gasteiger partial charge in [-0.1, -0.05) is 24.3 Å². The minimum atomic E-state index is -4.40. The van der Waals surface area contributed by atoms with Gasteiger partial charge in [0.1, 0.15) is 17.2 Å². The zero-order valence-electron chi connectivity index (χ0n) is 10.9. The maximum atomic E-state index is 13.6. The topological polar surface area (TPSA) is 37.3 Å². The molecule has 1 N–H and O–H groups in total. The molecule has 0 aromatic heterocycles. The van der Waals surface area contributed by atoms with E-state index in [1.165, 1.54) is 18.2 Å². The molecule has 0 radical (unpaired) electrons. The molecule has 0 spiro atoms. The Hall–Kier alpha value is -2.44. The molecule has 116 valence electrons. The highest BCUT2D eigenvalue weighted by atomic mass is 19.4. The Bertz CT molecular complexity index is 699. The van der Waals surface area contributed by atoms with Gasteiger partial charge in [-0.05, 0) is 28.8 Å².